The second kappa shape index (κ2) is 4.56. The van der Waals surface area contributed by atoms with E-state index in [9.17, 15) is 9.18 Å². The third-order valence-corrected chi connectivity index (χ3v) is 3.44. The van der Waals surface area contributed by atoms with Crippen LogP contribution in [0.4, 0.5) is 4.39 Å². The van der Waals surface area contributed by atoms with E-state index in [1.54, 1.807) is 12.1 Å². The van der Waals surface area contributed by atoms with Crippen molar-refractivity contribution in [3.63, 3.8) is 0 Å². The highest BCUT2D eigenvalue weighted by molar-refractivity contribution is 6.42. The largest absolute Gasteiger partial charge is 0.295 e. The van der Waals surface area contributed by atoms with Gasteiger partial charge in [0.05, 0.1) is 10.0 Å². The fourth-order valence-corrected chi connectivity index (χ4v) is 2.08. The van der Waals surface area contributed by atoms with E-state index < -0.39 is 5.83 Å². The summed E-state index contributed by atoms with van der Waals surface area (Å²) in [7, 11) is 0. The number of halogens is 3. The zero-order valence-corrected chi connectivity index (χ0v) is 9.80. The maximum absolute atomic E-state index is 12.7. The van der Waals surface area contributed by atoms with Crippen molar-refractivity contribution in [3.8, 4) is 0 Å². The number of rotatable bonds is 3. The molecule has 0 bridgehead atoms. The monoisotopic (exact) mass is 258 g/mol. The molecule has 1 aliphatic carbocycles. The highest BCUT2D eigenvalue weighted by Gasteiger charge is 2.37. The van der Waals surface area contributed by atoms with Crippen molar-refractivity contribution in [2.45, 2.75) is 12.3 Å². The summed E-state index contributed by atoms with van der Waals surface area (Å²) in [6.07, 6.45) is 2.43. The van der Waals surface area contributed by atoms with E-state index in [-0.39, 0.29) is 18.1 Å². The molecule has 1 saturated carbocycles. The minimum Gasteiger partial charge on any atom is -0.295 e. The van der Waals surface area contributed by atoms with Gasteiger partial charge in [0.2, 0.25) is 0 Å². The van der Waals surface area contributed by atoms with Crippen LogP contribution in [0.1, 0.15) is 17.9 Å². The summed E-state index contributed by atoms with van der Waals surface area (Å²) < 4.78 is 12.7. The molecule has 0 aliphatic heterocycles. The average molecular weight is 259 g/mol. The van der Waals surface area contributed by atoms with Crippen LogP contribution in [0.15, 0.2) is 30.1 Å². The number of allylic oxidation sites excluding steroid dienone is 2. The lowest BCUT2D eigenvalue weighted by Gasteiger charge is -2.00. The summed E-state index contributed by atoms with van der Waals surface area (Å²) >= 11 is 11.7. The molecule has 0 radical (unpaired) electrons. The summed E-state index contributed by atoms with van der Waals surface area (Å²) in [5.74, 6) is -0.351. The molecule has 84 valence electrons. The number of benzene rings is 1. The van der Waals surface area contributed by atoms with Gasteiger partial charge in [0.1, 0.15) is 0 Å². The average Bonchev–Trinajstić information content (AvgIpc) is 3.01. The zero-order valence-electron chi connectivity index (χ0n) is 8.29. The molecular weight excluding hydrogens is 250 g/mol. The molecule has 4 heteroatoms. The van der Waals surface area contributed by atoms with Crippen LogP contribution in [0.25, 0.3) is 0 Å². The highest BCUT2D eigenvalue weighted by atomic mass is 35.5. The van der Waals surface area contributed by atoms with E-state index in [4.69, 9.17) is 23.2 Å². The minimum atomic E-state index is -0.701. The van der Waals surface area contributed by atoms with Crippen molar-refractivity contribution >= 4 is 29.5 Å². The molecular formula is C12H9Cl2FO. The smallest absolute Gasteiger partial charge is 0.178 e. The standard InChI is InChI=1S/C12H9Cl2FO/c13-11-2-1-7(5-12(11)14)10-4-8(10)3-9(15)6-16/h1-3,5-6,8,10H,4H2/b9-3-/t8-,10+/m1/s1. The molecule has 1 aromatic carbocycles. The first-order valence-corrected chi connectivity index (χ1v) is 5.65. The van der Waals surface area contributed by atoms with Crippen LogP contribution in [0, 0.1) is 5.92 Å². The van der Waals surface area contributed by atoms with E-state index in [1.807, 2.05) is 6.07 Å². The minimum absolute atomic E-state index is 0.0995. The molecule has 1 nitrogen and oxygen atoms in total. The van der Waals surface area contributed by atoms with Crippen molar-refractivity contribution < 1.29 is 9.18 Å². The molecule has 0 aromatic heterocycles. The summed E-state index contributed by atoms with van der Waals surface area (Å²) in [5.41, 5.74) is 1.04. The van der Waals surface area contributed by atoms with Gasteiger partial charge < -0.3 is 0 Å². The predicted octanol–water partition coefficient (Wildman–Crippen LogP) is 4.15. The van der Waals surface area contributed by atoms with Gasteiger partial charge in [0, 0.05) is 0 Å². The molecule has 0 N–H and O–H groups in total. The first-order valence-electron chi connectivity index (χ1n) is 4.89. The Morgan fingerprint density at radius 1 is 1.38 bits per heavy atom. The topological polar surface area (TPSA) is 17.1 Å². The van der Waals surface area contributed by atoms with Crippen LogP contribution in [-0.2, 0) is 4.79 Å². The molecule has 0 amide bonds. The Balaban J connectivity index is 2.11. The third-order valence-electron chi connectivity index (χ3n) is 2.70. The molecule has 1 aliphatic rings. The fourth-order valence-electron chi connectivity index (χ4n) is 1.77. The van der Waals surface area contributed by atoms with E-state index in [0.29, 0.717) is 10.0 Å². The Bertz CT molecular complexity index is 456. The van der Waals surface area contributed by atoms with E-state index in [0.717, 1.165) is 12.0 Å². The van der Waals surface area contributed by atoms with Gasteiger partial charge in [-0.3, -0.25) is 4.79 Å². The number of carbonyl (C=O) groups is 1. The fraction of sp³-hybridized carbons (Fsp3) is 0.250. The highest BCUT2D eigenvalue weighted by Crippen LogP contribution is 2.49. The molecule has 0 spiro atoms. The van der Waals surface area contributed by atoms with Crippen LogP contribution in [-0.4, -0.2) is 6.29 Å². The quantitative estimate of drug-likeness (QED) is 0.588. The molecule has 2 atom stereocenters. The second-order valence-electron chi connectivity index (χ2n) is 3.85. The molecule has 1 aromatic rings. The molecule has 16 heavy (non-hydrogen) atoms. The molecule has 0 heterocycles. The number of hydrogen-bond donors (Lipinski definition) is 0. The maximum atomic E-state index is 12.7. The van der Waals surface area contributed by atoms with Crippen LogP contribution in [0.5, 0.6) is 0 Å². The van der Waals surface area contributed by atoms with Gasteiger partial charge in [-0.05, 0) is 42.0 Å². The van der Waals surface area contributed by atoms with E-state index >= 15 is 0 Å². The Hall–Kier alpha value is -0.860. The number of carbonyl (C=O) groups excluding carboxylic acids is 1. The Morgan fingerprint density at radius 2 is 2.12 bits per heavy atom. The van der Waals surface area contributed by atoms with Crippen molar-refractivity contribution in [1.82, 2.24) is 0 Å². The molecule has 2 rings (SSSR count). The first kappa shape index (κ1) is 11.6. The van der Waals surface area contributed by atoms with Crippen molar-refractivity contribution in [3.05, 3.63) is 45.7 Å². The van der Waals surface area contributed by atoms with Crippen LogP contribution < -0.4 is 0 Å². The van der Waals surface area contributed by atoms with Crippen molar-refractivity contribution in [2.24, 2.45) is 5.92 Å². The summed E-state index contributed by atoms with van der Waals surface area (Å²) in [5, 5.41) is 1.02. The normalized spacial score (nSPS) is 24.3. The summed E-state index contributed by atoms with van der Waals surface area (Å²) in [4.78, 5) is 10.1. The SMILES string of the molecule is O=C/C(F)=C/[C@@H]1C[C@H]1c1ccc(Cl)c(Cl)c1. The Kier molecular flexibility index (Phi) is 3.31. The lowest BCUT2D eigenvalue weighted by Crippen LogP contribution is -1.83. The van der Waals surface area contributed by atoms with Crippen LogP contribution >= 0.6 is 23.2 Å². The van der Waals surface area contributed by atoms with Crippen molar-refractivity contribution in [1.29, 1.82) is 0 Å². The first-order chi connectivity index (χ1) is 7.61. The predicted molar refractivity (Wildman–Crippen MR) is 62.6 cm³/mol. The summed E-state index contributed by atoms with van der Waals surface area (Å²) in [6, 6.07) is 5.40. The van der Waals surface area contributed by atoms with Crippen LogP contribution in [0.3, 0.4) is 0 Å². The third kappa shape index (κ3) is 2.45. The van der Waals surface area contributed by atoms with Gasteiger partial charge >= 0.3 is 0 Å². The van der Waals surface area contributed by atoms with E-state index in [2.05, 4.69) is 0 Å². The molecule has 1 fully saturated rings. The second-order valence-corrected chi connectivity index (χ2v) is 4.66. The van der Waals surface area contributed by atoms with Gasteiger partial charge in [-0.25, -0.2) is 4.39 Å². The Morgan fingerprint density at radius 3 is 2.75 bits per heavy atom. The summed E-state index contributed by atoms with van der Waals surface area (Å²) in [6.45, 7) is 0. The maximum Gasteiger partial charge on any atom is 0.178 e. The van der Waals surface area contributed by atoms with Crippen molar-refractivity contribution in [2.75, 3.05) is 0 Å². The van der Waals surface area contributed by atoms with Crippen LogP contribution in [0.2, 0.25) is 10.0 Å². The van der Waals surface area contributed by atoms with Gasteiger partial charge in [-0.2, -0.15) is 0 Å². The lowest BCUT2D eigenvalue weighted by atomic mass is 10.1. The van der Waals surface area contributed by atoms with Gasteiger partial charge in [0.15, 0.2) is 12.1 Å². The van der Waals surface area contributed by atoms with E-state index in [1.165, 1.54) is 6.08 Å². The number of hydrogen-bond acceptors (Lipinski definition) is 1. The molecule has 0 unspecified atom stereocenters. The zero-order chi connectivity index (χ0) is 11.7. The Labute approximate surface area is 103 Å². The number of aldehydes is 1. The van der Waals surface area contributed by atoms with Gasteiger partial charge in [-0.15, -0.1) is 0 Å². The van der Waals surface area contributed by atoms with Gasteiger partial charge in [0.25, 0.3) is 0 Å². The molecule has 0 saturated heterocycles. The lowest BCUT2D eigenvalue weighted by molar-refractivity contribution is -0.106. The van der Waals surface area contributed by atoms with Gasteiger partial charge in [-0.1, -0.05) is 29.3 Å².